The Morgan fingerprint density at radius 3 is 2.31 bits per heavy atom. The van der Waals surface area contributed by atoms with Crippen LogP contribution in [0.3, 0.4) is 0 Å². The first kappa shape index (κ1) is 23.3. The molecular formula is C25H19FN4O5. The van der Waals surface area contributed by atoms with Gasteiger partial charge in [-0.15, -0.1) is 0 Å². The number of phenols is 1. The zero-order chi connectivity index (χ0) is 24.9. The van der Waals surface area contributed by atoms with E-state index in [1.165, 1.54) is 48.9 Å². The fourth-order valence-electron chi connectivity index (χ4n) is 3.46. The number of pyridine rings is 2. The van der Waals surface area contributed by atoms with Crippen LogP contribution in [0, 0.1) is 5.82 Å². The Morgan fingerprint density at radius 1 is 0.943 bits per heavy atom. The predicted molar refractivity (Wildman–Crippen MR) is 123 cm³/mol. The minimum Gasteiger partial charge on any atom is -0.505 e. The Morgan fingerprint density at radius 2 is 1.63 bits per heavy atom. The summed E-state index contributed by atoms with van der Waals surface area (Å²) in [6, 6.07) is 11.7. The lowest BCUT2D eigenvalue weighted by Gasteiger charge is -2.13. The Balaban J connectivity index is 1.71. The zero-order valence-corrected chi connectivity index (χ0v) is 18.4. The maximum Gasteiger partial charge on any atom is 0.341 e. The number of phenolic OH excluding ortho intramolecular Hbond substituents is 1. The number of ether oxygens (including phenoxy) is 1. The molecule has 0 saturated carbocycles. The summed E-state index contributed by atoms with van der Waals surface area (Å²) in [6.45, 7) is 0. The van der Waals surface area contributed by atoms with E-state index in [0.29, 0.717) is 12.0 Å². The SMILES string of the molecule is COC(=O)c1cc(C(=O)NNC(=O)c2ccncc2)c2cc(Cc3ccc(F)cc3)cnc2c1O. The topological polar surface area (TPSA) is 131 Å². The number of esters is 1. The molecule has 0 spiro atoms. The van der Waals surface area contributed by atoms with Gasteiger partial charge in [0.15, 0.2) is 5.75 Å². The van der Waals surface area contributed by atoms with E-state index in [9.17, 15) is 23.9 Å². The van der Waals surface area contributed by atoms with Gasteiger partial charge in [0.2, 0.25) is 0 Å². The van der Waals surface area contributed by atoms with Crippen molar-refractivity contribution in [2.45, 2.75) is 6.42 Å². The summed E-state index contributed by atoms with van der Waals surface area (Å²) in [7, 11) is 1.14. The number of hydrogen-bond acceptors (Lipinski definition) is 7. The molecule has 0 aliphatic heterocycles. The molecule has 0 radical (unpaired) electrons. The number of hydrazine groups is 1. The number of amides is 2. The smallest absolute Gasteiger partial charge is 0.341 e. The highest BCUT2D eigenvalue weighted by molar-refractivity contribution is 6.12. The first-order valence-corrected chi connectivity index (χ1v) is 10.4. The summed E-state index contributed by atoms with van der Waals surface area (Å²) in [5.41, 5.74) is 6.07. The van der Waals surface area contributed by atoms with Crippen molar-refractivity contribution in [2.24, 2.45) is 0 Å². The molecule has 0 saturated heterocycles. The van der Waals surface area contributed by atoms with Crippen LogP contribution in [0.4, 0.5) is 4.39 Å². The van der Waals surface area contributed by atoms with E-state index in [1.807, 2.05) is 0 Å². The third-order valence-corrected chi connectivity index (χ3v) is 5.21. The Bertz CT molecular complexity index is 1430. The van der Waals surface area contributed by atoms with Gasteiger partial charge in [-0.05, 0) is 53.9 Å². The normalized spacial score (nSPS) is 10.6. The number of nitrogens with zero attached hydrogens (tertiary/aromatic N) is 2. The van der Waals surface area contributed by atoms with Crippen LogP contribution in [-0.2, 0) is 11.2 Å². The molecule has 4 rings (SSSR count). The van der Waals surface area contributed by atoms with Crippen LogP contribution in [0.25, 0.3) is 10.9 Å². The summed E-state index contributed by atoms with van der Waals surface area (Å²) >= 11 is 0. The molecule has 2 heterocycles. The van der Waals surface area contributed by atoms with Crippen LogP contribution in [0.15, 0.2) is 67.1 Å². The fourth-order valence-corrected chi connectivity index (χ4v) is 3.46. The van der Waals surface area contributed by atoms with Crippen LogP contribution in [0.1, 0.15) is 42.2 Å². The van der Waals surface area contributed by atoms with Crippen molar-refractivity contribution in [3.05, 3.63) is 101 Å². The average Bonchev–Trinajstić information content (AvgIpc) is 2.88. The molecule has 9 nitrogen and oxygen atoms in total. The van der Waals surface area contributed by atoms with Gasteiger partial charge in [-0.2, -0.15) is 0 Å². The van der Waals surface area contributed by atoms with Crippen molar-refractivity contribution in [2.75, 3.05) is 7.11 Å². The third kappa shape index (κ3) is 5.06. The summed E-state index contributed by atoms with van der Waals surface area (Å²) in [4.78, 5) is 45.6. The lowest BCUT2D eigenvalue weighted by Crippen LogP contribution is -2.41. The monoisotopic (exact) mass is 474 g/mol. The van der Waals surface area contributed by atoms with Crippen LogP contribution >= 0.6 is 0 Å². The van der Waals surface area contributed by atoms with Crippen LogP contribution in [0.5, 0.6) is 5.75 Å². The van der Waals surface area contributed by atoms with E-state index in [4.69, 9.17) is 4.74 Å². The molecule has 0 atom stereocenters. The van der Waals surface area contributed by atoms with E-state index in [-0.39, 0.29) is 33.4 Å². The molecule has 10 heteroatoms. The molecule has 0 fully saturated rings. The fraction of sp³-hybridized carbons (Fsp3) is 0.0800. The van der Waals surface area contributed by atoms with Gasteiger partial charge < -0.3 is 9.84 Å². The van der Waals surface area contributed by atoms with Gasteiger partial charge in [-0.25, -0.2) is 9.18 Å². The number of carbonyl (C=O) groups is 3. The second-order valence-corrected chi connectivity index (χ2v) is 7.50. The highest BCUT2D eigenvalue weighted by atomic mass is 19.1. The summed E-state index contributed by atoms with van der Waals surface area (Å²) < 4.78 is 17.9. The molecule has 2 aromatic carbocycles. The van der Waals surface area contributed by atoms with E-state index >= 15 is 0 Å². The molecule has 0 aliphatic carbocycles. The maximum absolute atomic E-state index is 13.2. The molecule has 3 N–H and O–H groups in total. The highest BCUT2D eigenvalue weighted by Gasteiger charge is 2.22. The predicted octanol–water partition coefficient (Wildman–Crippen LogP) is 2.93. The molecule has 2 amide bonds. The molecule has 4 aromatic rings. The van der Waals surface area contributed by atoms with Gasteiger partial charge in [0, 0.05) is 29.5 Å². The van der Waals surface area contributed by atoms with Gasteiger partial charge in [0.05, 0.1) is 12.7 Å². The quantitative estimate of drug-likeness (QED) is 0.299. The average molecular weight is 474 g/mol. The summed E-state index contributed by atoms with van der Waals surface area (Å²) in [6.07, 6.45) is 4.73. The molecule has 2 aromatic heterocycles. The molecular weight excluding hydrogens is 455 g/mol. The number of benzene rings is 2. The number of aromatic nitrogens is 2. The number of aromatic hydroxyl groups is 1. The van der Waals surface area contributed by atoms with Crippen molar-refractivity contribution in [3.8, 4) is 5.75 Å². The number of rotatable bonds is 5. The zero-order valence-electron chi connectivity index (χ0n) is 18.4. The Hall–Kier alpha value is -4.86. The second-order valence-electron chi connectivity index (χ2n) is 7.50. The van der Waals surface area contributed by atoms with Gasteiger partial charge >= 0.3 is 5.97 Å². The van der Waals surface area contributed by atoms with Crippen molar-refractivity contribution in [1.29, 1.82) is 0 Å². The number of carbonyl (C=O) groups excluding carboxylic acids is 3. The molecule has 0 bridgehead atoms. The van der Waals surface area contributed by atoms with Gasteiger partial charge in [0.1, 0.15) is 16.9 Å². The third-order valence-electron chi connectivity index (χ3n) is 5.21. The van der Waals surface area contributed by atoms with Gasteiger partial charge in [0.25, 0.3) is 11.8 Å². The Kier molecular flexibility index (Phi) is 6.63. The minimum absolute atomic E-state index is 0.00127. The first-order valence-electron chi connectivity index (χ1n) is 10.4. The molecule has 0 unspecified atom stereocenters. The van der Waals surface area contributed by atoms with E-state index < -0.39 is 23.5 Å². The van der Waals surface area contributed by atoms with Gasteiger partial charge in [-0.3, -0.25) is 30.4 Å². The van der Waals surface area contributed by atoms with Crippen LogP contribution in [-0.4, -0.2) is 40.0 Å². The van der Waals surface area contributed by atoms with Crippen molar-refractivity contribution in [1.82, 2.24) is 20.8 Å². The molecule has 35 heavy (non-hydrogen) atoms. The van der Waals surface area contributed by atoms with E-state index in [0.717, 1.165) is 12.7 Å². The number of halogens is 1. The van der Waals surface area contributed by atoms with Gasteiger partial charge in [-0.1, -0.05) is 12.1 Å². The molecule has 176 valence electrons. The summed E-state index contributed by atoms with van der Waals surface area (Å²) in [5.74, 6) is -3.00. The molecule has 0 aliphatic rings. The number of methoxy groups -OCH3 is 1. The number of fused-ring (bicyclic) bond motifs is 1. The first-order chi connectivity index (χ1) is 16.9. The summed E-state index contributed by atoms with van der Waals surface area (Å²) in [5, 5.41) is 10.9. The number of nitrogens with one attached hydrogen (secondary N) is 2. The second kappa shape index (κ2) is 9.96. The van der Waals surface area contributed by atoms with E-state index in [1.54, 1.807) is 18.2 Å². The highest BCUT2D eigenvalue weighted by Crippen LogP contribution is 2.32. The largest absolute Gasteiger partial charge is 0.505 e. The lowest BCUT2D eigenvalue weighted by molar-refractivity contribution is 0.0597. The van der Waals surface area contributed by atoms with Crippen LogP contribution in [0.2, 0.25) is 0 Å². The maximum atomic E-state index is 13.2. The van der Waals surface area contributed by atoms with Crippen LogP contribution < -0.4 is 10.9 Å². The van der Waals surface area contributed by atoms with Crippen molar-refractivity contribution >= 4 is 28.7 Å². The lowest BCUT2D eigenvalue weighted by atomic mass is 9.99. The number of hydrogen-bond donors (Lipinski definition) is 3. The van der Waals surface area contributed by atoms with E-state index in [2.05, 4.69) is 20.8 Å². The minimum atomic E-state index is -0.864. The Labute approximate surface area is 198 Å². The van der Waals surface area contributed by atoms with Crippen molar-refractivity contribution < 1.29 is 28.6 Å². The van der Waals surface area contributed by atoms with Crippen molar-refractivity contribution in [3.63, 3.8) is 0 Å². The standard InChI is InChI=1S/C25H19FN4O5/c1-35-25(34)20-12-19(24(33)30-29-23(32)16-6-8-27-9-7-16)18-11-15(13-28-21(18)22(20)31)10-14-2-4-17(26)5-3-14/h2-9,11-13,31H,10H2,1H3,(H,29,32)(H,30,33).